The van der Waals surface area contributed by atoms with Gasteiger partial charge < -0.3 is 15.2 Å². The number of hydrogen-bond acceptors (Lipinski definition) is 3. The third-order valence-electron chi connectivity index (χ3n) is 3.82. The van der Waals surface area contributed by atoms with Crippen LogP contribution in [-0.4, -0.2) is 24.7 Å². The Morgan fingerprint density at radius 3 is 2.37 bits per heavy atom. The molecule has 4 nitrogen and oxygen atoms in total. The molecule has 1 aliphatic carbocycles. The van der Waals surface area contributed by atoms with E-state index in [1.165, 1.54) is 0 Å². The van der Waals surface area contributed by atoms with Crippen LogP contribution in [0.1, 0.15) is 29.5 Å². The molecule has 0 aromatic heterocycles. The molecule has 0 radical (unpaired) electrons. The number of carbonyl (C=O) groups is 1. The summed E-state index contributed by atoms with van der Waals surface area (Å²) in [4.78, 5) is 11.9. The number of hydrogen-bond donors (Lipinski definition) is 2. The van der Waals surface area contributed by atoms with E-state index < -0.39 is 5.41 Å². The first-order valence-corrected chi connectivity index (χ1v) is 6.56. The fraction of sp³-hybridized carbons (Fsp3) is 0.533. The Hall–Kier alpha value is -1.55. The molecule has 2 N–H and O–H groups in total. The highest BCUT2D eigenvalue weighted by molar-refractivity contribution is 5.85. The molecule has 0 spiro atoms. The van der Waals surface area contributed by atoms with Crippen LogP contribution in [0.3, 0.4) is 0 Å². The first kappa shape index (κ1) is 13.9. The molecule has 104 valence electrons. The summed E-state index contributed by atoms with van der Waals surface area (Å²) in [5.74, 6) is 0.852. The lowest BCUT2D eigenvalue weighted by atomic mass is 10.0. The van der Waals surface area contributed by atoms with Crippen molar-refractivity contribution in [2.24, 2.45) is 5.41 Å². The van der Waals surface area contributed by atoms with Crippen molar-refractivity contribution in [3.05, 3.63) is 28.8 Å². The van der Waals surface area contributed by atoms with Gasteiger partial charge >= 0.3 is 0 Å². The van der Waals surface area contributed by atoms with Gasteiger partial charge in [-0.05, 0) is 43.4 Å². The number of ether oxygens (including phenoxy) is 1. The molecule has 1 amide bonds. The number of nitrogens with one attached hydrogen (secondary N) is 1. The predicted molar refractivity (Wildman–Crippen MR) is 73.1 cm³/mol. The molecule has 2 rings (SSSR count). The largest absolute Gasteiger partial charge is 0.496 e. The van der Waals surface area contributed by atoms with E-state index in [1.807, 2.05) is 26.0 Å². The molecule has 1 saturated carbocycles. The number of aliphatic hydroxyl groups excluding tert-OH is 1. The van der Waals surface area contributed by atoms with Gasteiger partial charge in [0.1, 0.15) is 5.75 Å². The van der Waals surface area contributed by atoms with Crippen molar-refractivity contribution in [2.75, 3.05) is 13.7 Å². The van der Waals surface area contributed by atoms with E-state index in [4.69, 9.17) is 4.74 Å². The topological polar surface area (TPSA) is 58.6 Å². The Bertz CT molecular complexity index is 469. The number of aliphatic hydroxyl groups is 1. The minimum absolute atomic E-state index is 0.0406. The third kappa shape index (κ3) is 2.73. The molecule has 0 aliphatic heterocycles. The van der Waals surface area contributed by atoms with E-state index in [1.54, 1.807) is 7.11 Å². The van der Waals surface area contributed by atoms with Gasteiger partial charge in [-0.25, -0.2) is 0 Å². The average Bonchev–Trinajstić information content (AvgIpc) is 3.16. The lowest BCUT2D eigenvalue weighted by molar-refractivity contribution is -0.127. The number of aryl methyl sites for hydroxylation is 2. The van der Waals surface area contributed by atoms with Crippen LogP contribution in [0.4, 0.5) is 0 Å². The molecule has 0 saturated heterocycles. The maximum absolute atomic E-state index is 11.9. The fourth-order valence-electron chi connectivity index (χ4n) is 2.44. The molecule has 0 bridgehead atoms. The number of carbonyl (C=O) groups excluding carboxylic acids is 1. The maximum Gasteiger partial charge on any atom is 0.228 e. The van der Waals surface area contributed by atoms with Crippen molar-refractivity contribution in [1.82, 2.24) is 5.32 Å². The lowest BCUT2D eigenvalue weighted by Crippen LogP contribution is -2.33. The van der Waals surface area contributed by atoms with Crippen molar-refractivity contribution in [3.63, 3.8) is 0 Å². The third-order valence-corrected chi connectivity index (χ3v) is 3.82. The van der Waals surface area contributed by atoms with E-state index in [0.717, 1.165) is 35.3 Å². The summed E-state index contributed by atoms with van der Waals surface area (Å²) in [6.07, 6.45) is 1.58. The van der Waals surface area contributed by atoms with Crippen molar-refractivity contribution in [1.29, 1.82) is 0 Å². The second-order valence-corrected chi connectivity index (χ2v) is 5.38. The van der Waals surface area contributed by atoms with Gasteiger partial charge in [-0.2, -0.15) is 0 Å². The highest BCUT2D eigenvalue weighted by Crippen LogP contribution is 2.45. The summed E-state index contributed by atoms with van der Waals surface area (Å²) in [6.45, 7) is 4.42. The lowest BCUT2D eigenvalue weighted by Gasteiger charge is -2.14. The molecule has 1 aromatic carbocycles. The second-order valence-electron chi connectivity index (χ2n) is 5.38. The standard InChI is InChI=1S/C15H21NO3/c1-10-6-12(7-11(2)13(10)19-3)8-16-14(18)15(9-17)4-5-15/h6-7,17H,4-5,8-9H2,1-3H3,(H,16,18). The molecule has 0 heterocycles. The molecule has 1 aliphatic rings. The number of methoxy groups -OCH3 is 1. The molecule has 0 atom stereocenters. The first-order valence-electron chi connectivity index (χ1n) is 6.56. The van der Waals surface area contributed by atoms with Gasteiger partial charge in [0, 0.05) is 6.54 Å². The van der Waals surface area contributed by atoms with Gasteiger partial charge in [-0.1, -0.05) is 12.1 Å². The molecule has 19 heavy (non-hydrogen) atoms. The highest BCUT2D eigenvalue weighted by atomic mass is 16.5. The number of benzene rings is 1. The van der Waals surface area contributed by atoms with Gasteiger partial charge in [0.15, 0.2) is 0 Å². The van der Waals surface area contributed by atoms with E-state index in [0.29, 0.717) is 6.54 Å². The van der Waals surface area contributed by atoms with Crippen LogP contribution >= 0.6 is 0 Å². The molecule has 1 aromatic rings. The van der Waals surface area contributed by atoms with Crippen molar-refractivity contribution in [3.8, 4) is 5.75 Å². The Morgan fingerprint density at radius 2 is 1.95 bits per heavy atom. The van der Waals surface area contributed by atoms with Crippen molar-refractivity contribution >= 4 is 5.91 Å². The number of rotatable bonds is 5. The minimum Gasteiger partial charge on any atom is -0.496 e. The monoisotopic (exact) mass is 263 g/mol. The summed E-state index contributed by atoms with van der Waals surface area (Å²) in [6, 6.07) is 4.04. The summed E-state index contributed by atoms with van der Waals surface area (Å²) in [5.41, 5.74) is 2.68. The smallest absolute Gasteiger partial charge is 0.228 e. The Kier molecular flexibility index (Phi) is 3.80. The van der Waals surface area contributed by atoms with Crippen LogP contribution in [-0.2, 0) is 11.3 Å². The van der Waals surface area contributed by atoms with Crippen LogP contribution in [0.15, 0.2) is 12.1 Å². The fourth-order valence-corrected chi connectivity index (χ4v) is 2.44. The summed E-state index contributed by atoms with van der Waals surface area (Å²) >= 11 is 0. The van der Waals surface area contributed by atoms with E-state index in [2.05, 4.69) is 5.32 Å². The van der Waals surface area contributed by atoms with Gasteiger partial charge in [-0.15, -0.1) is 0 Å². The van der Waals surface area contributed by atoms with Crippen LogP contribution in [0, 0.1) is 19.3 Å². The maximum atomic E-state index is 11.9. The van der Waals surface area contributed by atoms with E-state index >= 15 is 0 Å². The zero-order chi connectivity index (χ0) is 14.0. The van der Waals surface area contributed by atoms with Crippen LogP contribution < -0.4 is 10.1 Å². The van der Waals surface area contributed by atoms with Gasteiger partial charge in [0.25, 0.3) is 0 Å². The van der Waals surface area contributed by atoms with Gasteiger partial charge in [0.05, 0.1) is 19.1 Å². The zero-order valence-corrected chi connectivity index (χ0v) is 11.7. The van der Waals surface area contributed by atoms with Gasteiger partial charge in [-0.3, -0.25) is 4.79 Å². The second kappa shape index (κ2) is 5.21. The van der Waals surface area contributed by atoms with E-state index in [-0.39, 0.29) is 12.5 Å². The van der Waals surface area contributed by atoms with Crippen molar-refractivity contribution < 1.29 is 14.6 Å². The normalized spacial score (nSPS) is 16.0. The first-order chi connectivity index (χ1) is 9.02. The highest BCUT2D eigenvalue weighted by Gasteiger charge is 2.49. The Morgan fingerprint density at radius 1 is 1.37 bits per heavy atom. The molecule has 0 unspecified atom stereocenters. The number of amides is 1. The van der Waals surface area contributed by atoms with E-state index in [9.17, 15) is 9.90 Å². The van der Waals surface area contributed by atoms with Crippen molar-refractivity contribution in [2.45, 2.75) is 33.2 Å². The summed E-state index contributed by atoms with van der Waals surface area (Å²) in [7, 11) is 1.66. The summed E-state index contributed by atoms with van der Waals surface area (Å²) in [5, 5.41) is 12.1. The predicted octanol–water partition coefficient (Wildman–Crippen LogP) is 1.70. The SMILES string of the molecule is COc1c(C)cc(CNC(=O)C2(CO)CC2)cc1C. The minimum atomic E-state index is -0.503. The van der Waals surface area contributed by atoms with Crippen LogP contribution in [0.25, 0.3) is 0 Å². The van der Waals surface area contributed by atoms with Gasteiger partial charge in [0.2, 0.25) is 5.91 Å². The molecule has 1 fully saturated rings. The molecular formula is C15H21NO3. The Balaban J connectivity index is 2.02. The van der Waals surface area contributed by atoms with Crippen LogP contribution in [0.5, 0.6) is 5.75 Å². The average molecular weight is 263 g/mol. The molecular weight excluding hydrogens is 242 g/mol. The Labute approximate surface area is 113 Å². The zero-order valence-electron chi connectivity index (χ0n) is 11.7. The van der Waals surface area contributed by atoms with Crippen LogP contribution in [0.2, 0.25) is 0 Å². The quantitative estimate of drug-likeness (QED) is 0.850. The summed E-state index contributed by atoms with van der Waals surface area (Å²) < 4.78 is 5.32. The molecule has 4 heteroatoms.